The maximum Gasteiger partial charge on any atom is 0.250 e. The monoisotopic (exact) mass is 294 g/mol. The topological polar surface area (TPSA) is 56.0 Å². The van der Waals surface area contributed by atoms with Gasteiger partial charge < -0.3 is 5.73 Å². The largest absolute Gasteiger partial charge is 0.366 e. The first-order chi connectivity index (χ1) is 10.6. The minimum Gasteiger partial charge on any atom is -0.366 e. The van der Waals surface area contributed by atoms with Crippen LogP contribution in [0.4, 0.5) is 4.39 Å². The fourth-order valence-corrected chi connectivity index (χ4v) is 2.71. The molecule has 0 saturated carbocycles. The number of amides is 1. The van der Waals surface area contributed by atoms with Crippen LogP contribution in [0.25, 0.3) is 22.0 Å². The summed E-state index contributed by atoms with van der Waals surface area (Å²) in [5, 5.41) is 0.448. The van der Waals surface area contributed by atoms with Crippen molar-refractivity contribution in [3.63, 3.8) is 0 Å². The average molecular weight is 294 g/mol. The van der Waals surface area contributed by atoms with Gasteiger partial charge in [0.05, 0.1) is 11.1 Å². The van der Waals surface area contributed by atoms with Gasteiger partial charge in [-0.25, -0.2) is 4.39 Å². The number of hydrogen-bond acceptors (Lipinski definition) is 2. The van der Waals surface area contributed by atoms with Gasteiger partial charge in [0.15, 0.2) is 0 Å². The van der Waals surface area contributed by atoms with Gasteiger partial charge in [-0.3, -0.25) is 9.78 Å². The van der Waals surface area contributed by atoms with Crippen molar-refractivity contribution in [3.05, 3.63) is 65.6 Å². The number of primary amides is 1. The molecule has 22 heavy (non-hydrogen) atoms. The molecule has 2 aromatic carbocycles. The highest BCUT2D eigenvalue weighted by Gasteiger charge is 2.19. The Kier molecular flexibility index (Phi) is 3.59. The van der Waals surface area contributed by atoms with E-state index in [1.807, 2.05) is 37.3 Å². The van der Waals surface area contributed by atoms with Crippen LogP contribution in [0.15, 0.2) is 48.5 Å². The van der Waals surface area contributed by atoms with Crippen LogP contribution in [-0.2, 0) is 6.42 Å². The molecule has 0 aliphatic heterocycles. The fraction of sp³-hybridized carbons (Fsp3) is 0.111. The number of rotatable bonds is 3. The first-order valence-corrected chi connectivity index (χ1v) is 7.09. The summed E-state index contributed by atoms with van der Waals surface area (Å²) in [6.45, 7) is 1.97. The summed E-state index contributed by atoms with van der Waals surface area (Å²) >= 11 is 0. The highest BCUT2D eigenvalue weighted by atomic mass is 19.1. The van der Waals surface area contributed by atoms with Crippen molar-refractivity contribution in [1.29, 1.82) is 0 Å². The minimum absolute atomic E-state index is 0.326. The third-order valence-electron chi connectivity index (χ3n) is 3.67. The van der Waals surface area contributed by atoms with Crippen LogP contribution in [0.5, 0.6) is 0 Å². The van der Waals surface area contributed by atoms with Gasteiger partial charge in [-0.2, -0.15) is 0 Å². The molecule has 3 nitrogen and oxygen atoms in total. The van der Waals surface area contributed by atoms with Gasteiger partial charge in [0, 0.05) is 16.6 Å². The number of carbonyl (C=O) groups is 1. The second-order valence-electron chi connectivity index (χ2n) is 5.05. The molecular formula is C18H15FN2O. The Morgan fingerprint density at radius 2 is 1.91 bits per heavy atom. The molecule has 4 heteroatoms. The Labute approximate surface area is 127 Å². The van der Waals surface area contributed by atoms with E-state index in [4.69, 9.17) is 5.73 Å². The first kappa shape index (κ1) is 14.2. The van der Waals surface area contributed by atoms with Crippen LogP contribution in [0, 0.1) is 5.82 Å². The van der Waals surface area contributed by atoms with Crippen LogP contribution >= 0.6 is 0 Å². The van der Waals surface area contributed by atoms with Gasteiger partial charge >= 0.3 is 0 Å². The van der Waals surface area contributed by atoms with E-state index in [9.17, 15) is 9.18 Å². The SMILES string of the molecule is CCc1nc2ccc(F)cc2c(C(N)=O)c1-c1ccccc1. The molecule has 0 aliphatic carbocycles. The number of halogens is 1. The Bertz CT molecular complexity index is 860. The molecule has 3 rings (SSSR count). The Hall–Kier alpha value is -2.75. The molecule has 0 aliphatic rings. The zero-order valence-corrected chi connectivity index (χ0v) is 12.1. The van der Waals surface area contributed by atoms with E-state index in [0.29, 0.717) is 28.5 Å². The maximum atomic E-state index is 13.6. The van der Waals surface area contributed by atoms with Crippen molar-refractivity contribution < 1.29 is 9.18 Å². The van der Waals surface area contributed by atoms with E-state index in [-0.39, 0.29) is 0 Å². The van der Waals surface area contributed by atoms with E-state index in [0.717, 1.165) is 11.3 Å². The molecule has 110 valence electrons. The number of aromatic nitrogens is 1. The summed E-state index contributed by atoms with van der Waals surface area (Å²) in [6.07, 6.45) is 0.651. The molecule has 1 heterocycles. The van der Waals surface area contributed by atoms with E-state index in [2.05, 4.69) is 4.98 Å². The molecule has 0 spiro atoms. The molecule has 0 bridgehead atoms. The van der Waals surface area contributed by atoms with Gasteiger partial charge in [-0.05, 0) is 30.2 Å². The number of hydrogen-bond donors (Lipinski definition) is 1. The molecule has 1 aromatic heterocycles. The number of aryl methyl sites for hydroxylation is 1. The predicted octanol–water partition coefficient (Wildman–Crippen LogP) is 3.70. The quantitative estimate of drug-likeness (QED) is 0.800. The van der Waals surface area contributed by atoms with Crippen molar-refractivity contribution in [1.82, 2.24) is 4.98 Å². The van der Waals surface area contributed by atoms with Crippen molar-refractivity contribution in [2.75, 3.05) is 0 Å². The summed E-state index contributed by atoms with van der Waals surface area (Å²) in [4.78, 5) is 16.6. The smallest absolute Gasteiger partial charge is 0.250 e. The lowest BCUT2D eigenvalue weighted by Gasteiger charge is -2.15. The second kappa shape index (κ2) is 5.56. The van der Waals surface area contributed by atoms with Crippen molar-refractivity contribution in [2.45, 2.75) is 13.3 Å². The van der Waals surface area contributed by atoms with Gasteiger partial charge in [-0.1, -0.05) is 37.3 Å². The molecule has 0 atom stereocenters. The molecule has 0 unspecified atom stereocenters. The lowest BCUT2D eigenvalue weighted by Crippen LogP contribution is -2.15. The summed E-state index contributed by atoms with van der Waals surface area (Å²) in [5.74, 6) is -0.994. The molecule has 3 aromatic rings. The van der Waals surface area contributed by atoms with E-state index >= 15 is 0 Å². The van der Waals surface area contributed by atoms with Crippen LogP contribution in [0.1, 0.15) is 23.0 Å². The summed E-state index contributed by atoms with van der Waals surface area (Å²) in [6, 6.07) is 13.7. The maximum absolute atomic E-state index is 13.6. The molecular weight excluding hydrogens is 279 g/mol. The fourth-order valence-electron chi connectivity index (χ4n) is 2.71. The molecule has 0 fully saturated rings. The van der Waals surface area contributed by atoms with Crippen LogP contribution < -0.4 is 5.73 Å². The standard InChI is InChI=1S/C18H15FN2O/c1-2-14-16(11-6-4-3-5-7-11)17(18(20)22)13-10-12(19)8-9-15(13)21-14/h3-10H,2H2,1H3,(H2,20,22). The molecule has 1 amide bonds. The highest BCUT2D eigenvalue weighted by molar-refractivity contribution is 6.11. The van der Waals surface area contributed by atoms with Gasteiger partial charge in [-0.15, -0.1) is 0 Å². The molecule has 0 saturated heterocycles. The third kappa shape index (κ3) is 2.33. The molecule has 0 radical (unpaired) electrons. The molecule has 2 N–H and O–H groups in total. The average Bonchev–Trinajstić information content (AvgIpc) is 2.53. The van der Waals surface area contributed by atoms with Gasteiger partial charge in [0.2, 0.25) is 5.91 Å². The second-order valence-corrected chi connectivity index (χ2v) is 5.05. The van der Waals surface area contributed by atoms with E-state index < -0.39 is 11.7 Å². The number of fused-ring (bicyclic) bond motifs is 1. The first-order valence-electron chi connectivity index (χ1n) is 7.09. The number of nitrogens with zero attached hydrogens (tertiary/aromatic N) is 1. The third-order valence-corrected chi connectivity index (χ3v) is 3.67. The minimum atomic E-state index is -0.577. The lowest BCUT2D eigenvalue weighted by atomic mass is 9.93. The van der Waals surface area contributed by atoms with Crippen molar-refractivity contribution >= 4 is 16.8 Å². The van der Waals surface area contributed by atoms with Gasteiger partial charge in [0.25, 0.3) is 0 Å². The van der Waals surface area contributed by atoms with Crippen molar-refractivity contribution in [3.8, 4) is 11.1 Å². The van der Waals surface area contributed by atoms with Crippen molar-refractivity contribution in [2.24, 2.45) is 5.73 Å². The van der Waals surface area contributed by atoms with E-state index in [1.165, 1.54) is 12.1 Å². The highest BCUT2D eigenvalue weighted by Crippen LogP contribution is 2.32. The predicted molar refractivity (Wildman–Crippen MR) is 85.0 cm³/mol. The number of carbonyl (C=O) groups excluding carboxylic acids is 1. The summed E-state index contributed by atoms with van der Waals surface area (Å²) in [7, 11) is 0. The van der Waals surface area contributed by atoms with Crippen LogP contribution in [0.2, 0.25) is 0 Å². The Morgan fingerprint density at radius 1 is 1.18 bits per heavy atom. The Morgan fingerprint density at radius 3 is 2.55 bits per heavy atom. The zero-order valence-electron chi connectivity index (χ0n) is 12.1. The lowest BCUT2D eigenvalue weighted by molar-refractivity contribution is 0.100. The normalized spacial score (nSPS) is 10.8. The number of pyridine rings is 1. The number of nitrogens with two attached hydrogens (primary N) is 1. The summed E-state index contributed by atoms with van der Waals surface area (Å²) < 4.78 is 13.6. The summed E-state index contributed by atoms with van der Waals surface area (Å²) in [5.41, 5.74) is 8.82. The van der Waals surface area contributed by atoms with Crippen LogP contribution in [0.3, 0.4) is 0 Å². The Balaban J connectivity index is 2.48. The van der Waals surface area contributed by atoms with E-state index in [1.54, 1.807) is 6.07 Å². The number of benzene rings is 2. The van der Waals surface area contributed by atoms with Gasteiger partial charge in [0.1, 0.15) is 5.82 Å². The van der Waals surface area contributed by atoms with Crippen LogP contribution in [-0.4, -0.2) is 10.9 Å². The zero-order chi connectivity index (χ0) is 15.7.